The van der Waals surface area contributed by atoms with Crippen LogP contribution in [0.15, 0.2) is 71.8 Å². The van der Waals surface area contributed by atoms with Crippen LogP contribution in [-0.4, -0.2) is 67.8 Å². The fourth-order valence-electron chi connectivity index (χ4n) is 8.06. The third-order valence-corrected chi connectivity index (χ3v) is 16.0. The van der Waals surface area contributed by atoms with E-state index in [1.54, 1.807) is 12.2 Å². The number of anilines is 1. The molecule has 0 saturated heterocycles. The van der Waals surface area contributed by atoms with Crippen molar-refractivity contribution in [2.24, 2.45) is 11.8 Å². The van der Waals surface area contributed by atoms with Gasteiger partial charge in [-0.15, -0.1) is 13.2 Å². The second-order valence-electron chi connectivity index (χ2n) is 16.0. The molecule has 1 heterocycles. The van der Waals surface area contributed by atoms with Gasteiger partial charge in [0.2, 0.25) is 11.6 Å². The van der Waals surface area contributed by atoms with E-state index in [4.69, 9.17) is 13.7 Å². The first-order chi connectivity index (χ1) is 24.5. The molecule has 1 saturated carbocycles. The summed E-state index contributed by atoms with van der Waals surface area (Å²) < 4.78 is 35.5. The molecule has 0 spiro atoms. The van der Waals surface area contributed by atoms with Crippen LogP contribution in [0.1, 0.15) is 71.6 Å². The van der Waals surface area contributed by atoms with Crippen LogP contribution in [0.25, 0.3) is 5.76 Å². The number of ketones is 2. The first-order valence-corrected chi connectivity index (χ1v) is 20.8. The van der Waals surface area contributed by atoms with Gasteiger partial charge in [-0.25, -0.2) is 4.39 Å². The molecule has 0 amide bonds. The Morgan fingerprint density at radius 2 is 1.75 bits per heavy atom. The summed E-state index contributed by atoms with van der Waals surface area (Å²) in [5, 5.41) is 16.1. The van der Waals surface area contributed by atoms with E-state index >= 15 is 14.0 Å². The molecule has 0 unspecified atom stereocenters. The molecule has 0 aliphatic heterocycles. The average molecular weight is 728 g/mol. The maximum Gasteiger partial charge on any atom is 0.265 e. The maximum atomic E-state index is 16.2. The maximum absolute atomic E-state index is 16.2. The number of aliphatic hydroxyl groups excluding tert-OH is 1. The number of aliphatic hydroxyl groups is 1. The van der Waals surface area contributed by atoms with Gasteiger partial charge in [-0.05, 0) is 85.8 Å². The Labute approximate surface area is 306 Å². The molecule has 52 heavy (non-hydrogen) atoms. The zero-order chi connectivity index (χ0) is 37.9. The van der Waals surface area contributed by atoms with Crippen molar-refractivity contribution in [3.8, 4) is 5.88 Å². The van der Waals surface area contributed by atoms with Gasteiger partial charge in [0.1, 0.15) is 23.7 Å². The number of nitrogens with zero attached hydrogens (tertiary/aromatic N) is 3. The Kier molecular flexibility index (Phi) is 9.78. The van der Waals surface area contributed by atoms with Gasteiger partial charge < -0.3 is 23.7 Å². The molecule has 4 atom stereocenters. The molecule has 0 bridgehead atoms. The molecule has 1 fully saturated rings. The zero-order valence-electron chi connectivity index (χ0n) is 31.5. The van der Waals surface area contributed by atoms with Gasteiger partial charge in [-0.2, -0.15) is 0 Å². The highest BCUT2D eigenvalue weighted by Gasteiger charge is 2.69. The topological polar surface area (TPSA) is 105 Å². The Morgan fingerprint density at radius 1 is 1.10 bits per heavy atom. The summed E-state index contributed by atoms with van der Waals surface area (Å²) in [4.78, 5) is 34.8. The van der Waals surface area contributed by atoms with Gasteiger partial charge in [0.25, 0.3) is 5.88 Å². The lowest BCUT2D eigenvalue weighted by molar-refractivity contribution is -0.140. The summed E-state index contributed by atoms with van der Waals surface area (Å²) in [7, 11) is 0.822. The number of benzene rings is 2. The number of hydrogen-bond donors (Lipinski definition) is 1. The summed E-state index contributed by atoms with van der Waals surface area (Å²) in [6, 6.07) is 10.4. The van der Waals surface area contributed by atoms with E-state index in [-0.39, 0.29) is 52.8 Å². The standard InChI is InChI=1S/C41H50FN3O6Si/c1-11-18-45(19-12-2)30-22-29(42)27-20-26-21-28-34(44(7)8)36-33(39(43-50-36)49-23-25-16-14-13-15-17-25)38(48)41(28,51-52(9,10)40(4,5)6)37(47)32(26)35(46)31(27)24(30)3/h11-17,22,26,28,34,46H,1-2,18-21,23H2,3-10H3/t26-,28-,34-,41-/m0/s1. The minimum Gasteiger partial charge on any atom is -0.507 e. The van der Waals surface area contributed by atoms with Crippen LogP contribution >= 0.6 is 0 Å². The van der Waals surface area contributed by atoms with Crippen molar-refractivity contribution in [1.82, 2.24) is 10.1 Å². The molecular weight excluding hydrogens is 678 g/mol. The van der Waals surface area contributed by atoms with Crippen LogP contribution in [0.2, 0.25) is 18.1 Å². The van der Waals surface area contributed by atoms with Crippen LogP contribution in [0.4, 0.5) is 10.1 Å². The number of fused-ring (bicyclic) bond motifs is 4. The van der Waals surface area contributed by atoms with Crippen molar-refractivity contribution < 1.29 is 32.8 Å². The Morgan fingerprint density at radius 3 is 2.35 bits per heavy atom. The fourth-order valence-corrected chi connectivity index (χ4v) is 9.51. The lowest BCUT2D eigenvalue weighted by Crippen LogP contribution is -2.68. The largest absolute Gasteiger partial charge is 0.507 e. The van der Waals surface area contributed by atoms with Crippen molar-refractivity contribution in [1.29, 1.82) is 0 Å². The quantitative estimate of drug-likeness (QED) is 0.119. The summed E-state index contributed by atoms with van der Waals surface area (Å²) in [6.07, 6.45) is 3.86. The van der Waals surface area contributed by atoms with Gasteiger partial charge in [0, 0.05) is 35.8 Å². The van der Waals surface area contributed by atoms with Crippen molar-refractivity contribution in [2.45, 2.75) is 76.9 Å². The molecule has 2 aromatic carbocycles. The van der Waals surface area contributed by atoms with Crippen molar-refractivity contribution >= 4 is 31.3 Å². The van der Waals surface area contributed by atoms with Gasteiger partial charge in [-0.1, -0.05) is 63.3 Å². The molecule has 276 valence electrons. The lowest BCUT2D eigenvalue weighted by Gasteiger charge is -2.55. The van der Waals surface area contributed by atoms with Crippen molar-refractivity contribution in [3.63, 3.8) is 0 Å². The van der Waals surface area contributed by atoms with Crippen LogP contribution < -0.4 is 9.64 Å². The van der Waals surface area contributed by atoms with Crippen molar-refractivity contribution in [2.75, 3.05) is 32.1 Å². The van der Waals surface area contributed by atoms with Crippen LogP contribution in [-0.2, 0) is 22.2 Å². The lowest BCUT2D eigenvalue weighted by atomic mass is 9.57. The molecule has 0 radical (unpaired) electrons. The Hall–Kier alpha value is -4.32. The average Bonchev–Trinajstić information content (AvgIpc) is 3.49. The Balaban J connectivity index is 1.57. The number of ether oxygens (including phenoxy) is 1. The Bertz CT molecular complexity index is 1950. The molecule has 11 heteroatoms. The smallest absolute Gasteiger partial charge is 0.265 e. The van der Waals surface area contributed by atoms with Gasteiger partial charge in [0.05, 0.1) is 6.04 Å². The third-order valence-electron chi connectivity index (χ3n) is 11.5. The molecule has 6 rings (SSSR count). The predicted octanol–water partition coefficient (Wildman–Crippen LogP) is 8.17. The SMILES string of the molecule is C=CCN(CC=C)c1cc(F)c2c(c1C)C(O)=C1C(=O)[C@]3(O[Si](C)(C)C(C)(C)C)C(=O)c4c(OCc5ccccc5)noc4[C@@H](N(C)C)[C@@H]3C[C@@H]1C2. The van der Waals surface area contributed by atoms with E-state index in [1.165, 1.54) is 6.07 Å². The number of carbonyl (C=O) groups excluding carboxylic acids is 2. The number of rotatable bonds is 11. The third kappa shape index (κ3) is 5.87. The number of aromatic nitrogens is 1. The fraction of sp³-hybridized carbons (Fsp3) is 0.439. The molecule has 3 aliphatic carbocycles. The predicted molar refractivity (Wildman–Crippen MR) is 203 cm³/mol. The first-order valence-electron chi connectivity index (χ1n) is 17.8. The van der Waals surface area contributed by atoms with Crippen LogP contribution in [0, 0.1) is 24.6 Å². The minimum atomic E-state index is -2.90. The first kappa shape index (κ1) is 37.4. The number of Topliss-reactive ketones (excluding diaryl/α,β-unsaturated/α-hetero) is 2. The summed E-state index contributed by atoms with van der Waals surface area (Å²) in [5.41, 5.74) is 0.809. The highest BCUT2D eigenvalue weighted by molar-refractivity contribution is 6.74. The summed E-state index contributed by atoms with van der Waals surface area (Å²) in [6.45, 7) is 20.7. The summed E-state index contributed by atoms with van der Waals surface area (Å²) >= 11 is 0. The monoisotopic (exact) mass is 727 g/mol. The number of carbonyl (C=O) groups is 2. The number of hydrogen-bond acceptors (Lipinski definition) is 9. The van der Waals surface area contributed by atoms with E-state index < -0.39 is 49.2 Å². The molecule has 3 aliphatic rings. The van der Waals surface area contributed by atoms with Gasteiger partial charge >= 0.3 is 0 Å². The normalized spacial score (nSPS) is 22.8. The zero-order valence-corrected chi connectivity index (χ0v) is 32.5. The minimum absolute atomic E-state index is 0.0124. The number of halogens is 1. The van der Waals surface area contributed by atoms with E-state index in [1.807, 2.05) is 74.2 Å². The van der Waals surface area contributed by atoms with Crippen LogP contribution in [0.5, 0.6) is 5.88 Å². The molecule has 1 N–H and O–H groups in total. The molecular formula is C41H50FN3O6Si. The van der Waals surface area contributed by atoms with Crippen LogP contribution in [0.3, 0.4) is 0 Å². The molecule has 3 aromatic rings. The van der Waals surface area contributed by atoms with Gasteiger partial charge in [0.15, 0.2) is 19.7 Å². The van der Waals surface area contributed by atoms with Crippen molar-refractivity contribution in [3.05, 3.63) is 107 Å². The van der Waals surface area contributed by atoms with Gasteiger partial charge in [-0.3, -0.25) is 14.5 Å². The highest BCUT2D eigenvalue weighted by atomic mass is 28.4. The molecule has 9 nitrogen and oxygen atoms in total. The second kappa shape index (κ2) is 13.6. The van der Waals surface area contributed by atoms with E-state index in [2.05, 4.69) is 39.1 Å². The summed E-state index contributed by atoms with van der Waals surface area (Å²) in [5.74, 6) is -2.99. The van der Waals surface area contributed by atoms with E-state index in [9.17, 15) is 5.11 Å². The second-order valence-corrected chi connectivity index (χ2v) is 20.7. The molecule has 1 aromatic heterocycles. The van der Waals surface area contributed by atoms with E-state index in [0.717, 1.165) is 5.56 Å². The van der Waals surface area contributed by atoms with E-state index in [0.29, 0.717) is 35.7 Å². The highest BCUT2D eigenvalue weighted by Crippen LogP contribution is 2.59.